The molecule has 4 rings (SSSR count). The molecule has 150 valence electrons. The molecule has 8 heteroatoms. The fourth-order valence-electron chi connectivity index (χ4n) is 2.99. The molecular formula is C21H21N3O4S. The summed E-state index contributed by atoms with van der Waals surface area (Å²) in [6, 6.07) is 13.3. The molecule has 2 heterocycles. The van der Waals surface area contributed by atoms with Crippen LogP contribution in [0.5, 0.6) is 11.5 Å². The largest absolute Gasteiger partial charge is 0.454 e. The lowest BCUT2D eigenvalue weighted by Gasteiger charge is -2.15. The van der Waals surface area contributed by atoms with Crippen LogP contribution < -0.4 is 14.8 Å². The van der Waals surface area contributed by atoms with E-state index in [1.165, 1.54) is 11.8 Å². The summed E-state index contributed by atoms with van der Waals surface area (Å²) in [5.74, 6) is 2.14. The van der Waals surface area contributed by atoms with Crippen LogP contribution in [-0.4, -0.2) is 28.7 Å². The zero-order chi connectivity index (χ0) is 20.2. The highest BCUT2D eigenvalue weighted by Gasteiger charge is 2.17. The number of amides is 1. The third-order valence-corrected chi connectivity index (χ3v) is 5.55. The quantitative estimate of drug-likeness (QED) is 0.563. The van der Waals surface area contributed by atoms with Crippen LogP contribution in [-0.2, 0) is 4.79 Å². The zero-order valence-electron chi connectivity index (χ0n) is 16.2. The Bertz CT molecular complexity index is 1020. The number of benzene rings is 2. The number of anilines is 1. The van der Waals surface area contributed by atoms with Gasteiger partial charge in [0, 0.05) is 11.3 Å². The number of carbonyl (C=O) groups is 1. The maximum atomic E-state index is 12.4. The third-order valence-electron chi connectivity index (χ3n) is 4.73. The molecule has 1 aliphatic heterocycles. The highest BCUT2D eigenvalue weighted by Crippen LogP contribution is 2.36. The summed E-state index contributed by atoms with van der Waals surface area (Å²) in [5, 5.41) is 11.4. The van der Waals surface area contributed by atoms with Crippen molar-refractivity contribution in [3.63, 3.8) is 0 Å². The SMILES string of the molecule is CCC(C)c1ccccc1NC(=O)CSc1nnc(-c2ccc3c(c2)OCO3)o1. The van der Waals surface area contributed by atoms with Crippen LogP contribution in [0.15, 0.2) is 52.1 Å². The van der Waals surface area contributed by atoms with Crippen molar-refractivity contribution >= 4 is 23.4 Å². The molecule has 0 aliphatic carbocycles. The van der Waals surface area contributed by atoms with Gasteiger partial charge < -0.3 is 19.2 Å². The predicted molar refractivity (Wildman–Crippen MR) is 110 cm³/mol. The van der Waals surface area contributed by atoms with Crippen molar-refractivity contribution in [2.24, 2.45) is 0 Å². The lowest BCUT2D eigenvalue weighted by atomic mass is 9.97. The Morgan fingerprint density at radius 2 is 2.00 bits per heavy atom. The number of nitrogens with zero attached hydrogens (tertiary/aromatic N) is 2. The number of thioether (sulfide) groups is 1. The van der Waals surface area contributed by atoms with E-state index in [9.17, 15) is 4.79 Å². The summed E-state index contributed by atoms with van der Waals surface area (Å²) in [4.78, 5) is 12.4. The molecule has 1 aliphatic rings. The molecule has 3 aromatic rings. The molecule has 0 radical (unpaired) electrons. The van der Waals surface area contributed by atoms with Crippen LogP contribution in [0.25, 0.3) is 11.5 Å². The second-order valence-corrected chi connectivity index (χ2v) is 7.60. The first kappa shape index (κ1) is 19.3. The molecule has 1 amide bonds. The molecule has 2 aromatic carbocycles. The maximum Gasteiger partial charge on any atom is 0.277 e. The molecular weight excluding hydrogens is 390 g/mol. The number of ether oxygens (including phenoxy) is 2. The highest BCUT2D eigenvalue weighted by molar-refractivity contribution is 7.99. The summed E-state index contributed by atoms with van der Waals surface area (Å²) < 4.78 is 16.3. The van der Waals surface area contributed by atoms with Crippen molar-refractivity contribution < 1.29 is 18.7 Å². The molecule has 0 spiro atoms. The normalized spacial score (nSPS) is 13.3. The first-order valence-corrected chi connectivity index (χ1v) is 10.4. The van der Waals surface area contributed by atoms with Crippen molar-refractivity contribution in [3.05, 3.63) is 48.0 Å². The molecule has 1 unspecified atom stereocenters. The minimum atomic E-state index is -0.117. The van der Waals surface area contributed by atoms with Crippen LogP contribution in [0.4, 0.5) is 5.69 Å². The summed E-state index contributed by atoms with van der Waals surface area (Å²) in [7, 11) is 0. The van der Waals surface area contributed by atoms with Gasteiger partial charge in [-0.05, 0) is 42.2 Å². The average molecular weight is 411 g/mol. The lowest BCUT2D eigenvalue weighted by molar-refractivity contribution is -0.113. The summed E-state index contributed by atoms with van der Waals surface area (Å²) in [6.45, 7) is 4.49. The van der Waals surface area contributed by atoms with Crippen molar-refractivity contribution in [2.45, 2.75) is 31.4 Å². The number of carbonyl (C=O) groups excluding carboxylic acids is 1. The standard InChI is InChI=1S/C21H21N3O4S/c1-3-13(2)15-6-4-5-7-16(15)22-19(25)11-29-21-24-23-20(28-21)14-8-9-17-18(10-14)27-12-26-17/h4-10,13H,3,11-12H2,1-2H3,(H,22,25). The van der Waals surface area contributed by atoms with Crippen LogP contribution in [0.1, 0.15) is 31.7 Å². The zero-order valence-corrected chi connectivity index (χ0v) is 17.0. The summed E-state index contributed by atoms with van der Waals surface area (Å²) in [5.41, 5.74) is 2.72. The van der Waals surface area contributed by atoms with E-state index in [0.717, 1.165) is 23.2 Å². The van der Waals surface area contributed by atoms with Gasteiger partial charge in [0.05, 0.1) is 5.75 Å². The Kier molecular flexibility index (Phi) is 5.71. The Balaban J connectivity index is 1.37. The number of hydrogen-bond donors (Lipinski definition) is 1. The van der Waals surface area contributed by atoms with Gasteiger partial charge in [-0.2, -0.15) is 0 Å². The molecule has 1 atom stereocenters. The van der Waals surface area contributed by atoms with Crippen LogP contribution in [0.3, 0.4) is 0 Å². The van der Waals surface area contributed by atoms with Gasteiger partial charge in [-0.25, -0.2) is 0 Å². The third kappa shape index (κ3) is 4.37. The topological polar surface area (TPSA) is 86.5 Å². The van der Waals surface area contributed by atoms with E-state index in [-0.39, 0.29) is 18.5 Å². The van der Waals surface area contributed by atoms with E-state index in [0.29, 0.717) is 28.5 Å². The monoisotopic (exact) mass is 411 g/mol. The van der Waals surface area contributed by atoms with Crippen molar-refractivity contribution in [2.75, 3.05) is 17.9 Å². The Morgan fingerprint density at radius 3 is 2.86 bits per heavy atom. The highest BCUT2D eigenvalue weighted by atomic mass is 32.2. The van der Waals surface area contributed by atoms with Crippen molar-refractivity contribution in [1.29, 1.82) is 0 Å². The first-order chi connectivity index (χ1) is 14.1. The number of para-hydroxylation sites is 1. The van der Waals surface area contributed by atoms with E-state index in [1.54, 1.807) is 12.1 Å². The molecule has 1 aromatic heterocycles. The number of nitrogens with one attached hydrogen (secondary N) is 1. The van der Waals surface area contributed by atoms with Crippen molar-refractivity contribution in [1.82, 2.24) is 10.2 Å². The maximum absolute atomic E-state index is 12.4. The molecule has 0 saturated heterocycles. The van der Waals surface area contributed by atoms with Crippen LogP contribution in [0, 0.1) is 0 Å². The molecule has 0 bridgehead atoms. The number of fused-ring (bicyclic) bond motifs is 1. The molecule has 0 fully saturated rings. The first-order valence-electron chi connectivity index (χ1n) is 9.39. The van der Waals surface area contributed by atoms with Crippen LogP contribution >= 0.6 is 11.8 Å². The summed E-state index contributed by atoms with van der Waals surface area (Å²) in [6.07, 6.45) is 1.01. The fourth-order valence-corrected chi connectivity index (χ4v) is 3.55. The van der Waals surface area contributed by atoms with Gasteiger partial charge in [0.25, 0.3) is 5.22 Å². The minimum absolute atomic E-state index is 0.117. The van der Waals surface area contributed by atoms with Crippen LogP contribution in [0.2, 0.25) is 0 Å². The van der Waals surface area contributed by atoms with Gasteiger partial charge in [0.2, 0.25) is 18.6 Å². The smallest absolute Gasteiger partial charge is 0.277 e. The van der Waals surface area contributed by atoms with E-state index < -0.39 is 0 Å². The van der Waals surface area contributed by atoms with E-state index >= 15 is 0 Å². The average Bonchev–Trinajstić information content (AvgIpc) is 3.41. The number of aromatic nitrogens is 2. The van der Waals surface area contributed by atoms with E-state index in [1.807, 2.05) is 30.3 Å². The van der Waals surface area contributed by atoms with Gasteiger partial charge in [-0.1, -0.05) is 43.8 Å². The van der Waals surface area contributed by atoms with E-state index in [2.05, 4.69) is 29.4 Å². The van der Waals surface area contributed by atoms with Gasteiger partial charge in [-0.15, -0.1) is 10.2 Å². The van der Waals surface area contributed by atoms with E-state index in [4.69, 9.17) is 13.9 Å². The second-order valence-electron chi connectivity index (χ2n) is 6.67. The predicted octanol–water partition coefficient (Wildman–Crippen LogP) is 4.71. The number of hydrogen-bond acceptors (Lipinski definition) is 7. The molecule has 7 nitrogen and oxygen atoms in total. The minimum Gasteiger partial charge on any atom is -0.454 e. The second kappa shape index (κ2) is 8.57. The Hall–Kier alpha value is -3.00. The lowest BCUT2D eigenvalue weighted by Crippen LogP contribution is -2.15. The molecule has 1 N–H and O–H groups in total. The Morgan fingerprint density at radius 1 is 1.17 bits per heavy atom. The van der Waals surface area contributed by atoms with Gasteiger partial charge >= 0.3 is 0 Å². The van der Waals surface area contributed by atoms with Gasteiger partial charge in [0.15, 0.2) is 11.5 Å². The van der Waals surface area contributed by atoms with Gasteiger partial charge in [-0.3, -0.25) is 4.79 Å². The molecule has 29 heavy (non-hydrogen) atoms. The summed E-state index contributed by atoms with van der Waals surface area (Å²) >= 11 is 1.20. The Labute approximate surface area is 172 Å². The molecule has 0 saturated carbocycles. The fraction of sp³-hybridized carbons (Fsp3) is 0.286. The number of rotatable bonds is 7. The van der Waals surface area contributed by atoms with Gasteiger partial charge in [0.1, 0.15) is 0 Å². The van der Waals surface area contributed by atoms with Crippen molar-refractivity contribution in [3.8, 4) is 23.0 Å².